The van der Waals surface area contributed by atoms with Crippen LogP contribution >= 0.6 is 0 Å². The molecule has 0 nitrogen and oxygen atoms in total. The van der Waals surface area contributed by atoms with E-state index in [2.05, 4.69) is 19.6 Å². The Balaban J connectivity index is 3.04. The van der Waals surface area contributed by atoms with Crippen LogP contribution in [-0.2, 0) is 0 Å². The molecule has 0 aromatic heterocycles. The van der Waals surface area contributed by atoms with Crippen LogP contribution in [-0.4, -0.2) is 5.67 Å². The van der Waals surface area contributed by atoms with E-state index in [1.165, 1.54) is 5.57 Å². The van der Waals surface area contributed by atoms with Crippen LogP contribution in [0.15, 0.2) is 71.9 Å². The Morgan fingerprint density at radius 1 is 1.43 bits per heavy atom. The molecule has 1 rings (SSSR count). The first-order valence-electron chi connectivity index (χ1n) is 7.66. The van der Waals surface area contributed by atoms with Crippen molar-refractivity contribution in [3.05, 3.63) is 71.9 Å². The summed E-state index contributed by atoms with van der Waals surface area (Å²) in [5, 5.41) is 0. The van der Waals surface area contributed by atoms with Crippen molar-refractivity contribution in [2.45, 2.75) is 46.2 Å². The zero-order valence-electron chi connectivity index (χ0n) is 13.7. The number of halogens is 1. The van der Waals surface area contributed by atoms with Gasteiger partial charge in [-0.15, -0.1) is 0 Å². The highest BCUT2D eigenvalue weighted by Crippen LogP contribution is 2.32. The minimum Gasteiger partial charge on any atom is -0.239 e. The summed E-state index contributed by atoms with van der Waals surface area (Å²) < 4.78 is 14.3. The van der Waals surface area contributed by atoms with Gasteiger partial charge in [-0.3, -0.25) is 0 Å². The molecule has 0 aromatic rings. The normalized spacial score (nSPS) is 17.8. The maximum absolute atomic E-state index is 14.3. The zero-order valence-corrected chi connectivity index (χ0v) is 13.7. The van der Waals surface area contributed by atoms with Gasteiger partial charge in [-0.25, -0.2) is 4.39 Å². The SMILES string of the molecule is C=C(/C=C\C=C/C)C(CC)C1=CCC=CC(C(C)(C)F)=C1. The van der Waals surface area contributed by atoms with Crippen molar-refractivity contribution in [2.75, 3.05) is 0 Å². The van der Waals surface area contributed by atoms with Gasteiger partial charge in [0.15, 0.2) is 0 Å². The molecule has 0 aliphatic heterocycles. The van der Waals surface area contributed by atoms with Crippen molar-refractivity contribution >= 4 is 0 Å². The van der Waals surface area contributed by atoms with Gasteiger partial charge in [-0.1, -0.05) is 62.1 Å². The lowest BCUT2D eigenvalue weighted by molar-refractivity contribution is 0.274. The predicted octanol–water partition coefficient (Wildman–Crippen LogP) is 6.26. The number of alkyl halides is 1. The van der Waals surface area contributed by atoms with Crippen LogP contribution in [0.2, 0.25) is 0 Å². The van der Waals surface area contributed by atoms with Gasteiger partial charge in [0.2, 0.25) is 0 Å². The summed E-state index contributed by atoms with van der Waals surface area (Å²) >= 11 is 0. The lowest BCUT2D eigenvalue weighted by atomic mass is 9.86. The fourth-order valence-electron chi connectivity index (χ4n) is 2.42. The molecule has 0 bridgehead atoms. The molecule has 21 heavy (non-hydrogen) atoms. The summed E-state index contributed by atoms with van der Waals surface area (Å²) in [6, 6.07) is 0. The average Bonchev–Trinajstić information content (AvgIpc) is 2.65. The van der Waals surface area contributed by atoms with Gasteiger partial charge < -0.3 is 0 Å². The monoisotopic (exact) mass is 286 g/mol. The molecule has 0 radical (unpaired) electrons. The van der Waals surface area contributed by atoms with Crippen molar-refractivity contribution in [1.82, 2.24) is 0 Å². The predicted molar refractivity (Wildman–Crippen MR) is 92.0 cm³/mol. The van der Waals surface area contributed by atoms with E-state index in [1.54, 1.807) is 13.8 Å². The summed E-state index contributed by atoms with van der Waals surface area (Å²) in [6.45, 7) is 11.5. The summed E-state index contributed by atoms with van der Waals surface area (Å²) in [5.74, 6) is 0.240. The second-order valence-electron chi connectivity index (χ2n) is 5.83. The summed E-state index contributed by atoms with van der Waals surface area (Å²) in [7, 11) is 0. The van der Waals surface area contributed by atoms with Crippen LogP contribution in [0.5, 0.6) is 0 Å². The highest BCUT2D eigenvalue weighted by Gasteiger charge is 2.22. The lowest BCUT2D eigenvalue weighted by Crippen LogP contribution is -2.15. The Hall–Kier alpha value is -1.63. The molecule has 0 heterocycles. The van der Waals surface area contributed by atoms with E-state index in [9.17, 15) is 4.39 Å². The van der Waals surface area contributed by atoms with Crippen LogP contribution in [0.25, 0.3) is 0 Å². The summed E-state index contributed by atoms with van der Waals surface area (Å²) in [4.78, 5) is 0. The first-order chi connectivity index (χ1) is 9.90. The van der Waals surface area contributed by atoms with Gasteiger partial charge in [0, 0.05) is 5.92 Å². The molecule has 0 aromatic carbocycles. The molecule has 0 saturated heterocycles. The topological polar surface area (TPSA) is 0 Å². The first-order valence-corrected chi connectivity index (χ1v) is 7.66. The van der Waals surface area contributed by atoms with Crippen LogP contribution in [0.3, 0.4) is 0 Å². The molecule has 0 spiro atoms. The molecular formula is C20H27F. The van der Waals surface area contributed by atoms with E-state index < -0.39 is 5.67 Å². The Labute approximate surface area is 129 Å². The van der Waals surface area contributed by atoms with Gasteiger partial charge in [-0.2, -0.15) is 0 Å². The number of hydrogen-bond donors (Lipinski definition) is 0. The molecule has 1 aliphatic rings. The number of allylic oxidation sites excluding steroid dienone is 11. The van der Waals surface area contributed by atoms with E-state index in [4.69, 9.17) is 0 Å². The quantitative estimate of drug-likeness (QED) is 0.505. The Morgan fingerprint density at radius 2 is 2.14 bits per heavy atom. The molecular weight excluding hydrogens is 259 g/mol. The van der Waals surface area contributed by atoms with Gasteiger partial charge in [0.1, 0.15) is 5.67 Å². The third kappa shape index (κ3) is 5.34. The third-order valence-corrected chi connectivity index (χ3v) is 3.67. The van der Waals surface area contributed by atoms with Crippen LogP contribution in [0, 0.1) is 5.92 Å². The summed E-state index contributed by atoms with van der Waals surface area (Å²) in [6.07, 6.45) is 17.9. The lowest BCUT2D eigenvalue weighted by Gasteiger charge is -2.20. The van der Waals surface area contributed by atoms with Crippen LogP contribution < -0.4 is 0 Å². The average molecular weight is 286 g/mol. The van der Waals surface area contributed by atoms with Crippen molar-refractivity contribution < 1.29 is 4.39 Å². The van der Waals surface area contributed by atoms with E-state index in [1.807, 2.05) is 49.5 Å². The summed E-state index contributed by atoms with van der Waals surface area (Å²) in [5.41, 5.74) is 1.64. The Morgan fingerprint density at radius 3 is 2.71 bits per heavy atom. The maximum Gasteiger partial charge on any atom is 0.130 e. The maximum atomic E-state index is 14.3. The molecule has 0 fully saturated rings. The van der Waals surface area contributed by atoms with Crippen molar-refractivity contribution in [1.29, 1.82) is 0 Å². The van der Waals surface area contributed by atoms with Crippen LogP contribution in [0.4, 0.5) is 4.39 Å². The number of rotatable bonds is 6. The van der Waals surface area contributed by atoms with E-state index in [0.29, 0.717) is 0 Å². The molecule has 114 valence electrons. The standard InChI is InChI=1S/C20H27F/c1-6-8-9-12-16(3)19(7-2)17-13-10-11-14-18(15-17)20(4,5)21/h6,8-9,11-15,19H,3,7,10H2,1-2,4-5H3/b8-6-,12-9-. The Kier molecular flexibility index (Phi) is 6.61. The van der Waals surface area contributed by atoms with E-state index >= 15 is 0 Å². The minimum absolute atomic E-state index is 0.240. The molecule has 1 heteroatoms. The molecule has 0 N–H and O–H groups in total. The highest BCUT2D eigenvalue weighted by atomic mass is 19.1. The highest BCUT2D eigenvalue weighted by molar-refractivity contribution is 5.43. The zero-order chi connectivity index (χ0) is 15.9. The van der Waals surface area contributed by atoms with Gasteiger partial charge in [-0.05, 0) is 50.3 Å². The number of hydrogen-bond acceptors (Lipinski definition) is 0. The largest absolute Gasteiger partial charge is 0.239 e. The fraction of sp³-hybridized carbons (Fsp3) is 0.400. The molecule has 1 unspecified atom stereocenters. The van der Waals surface area contributed by atoms with Gasteiger partial charge >= 0.3 is 0 Å². The molecule has 1 atom stereocenters. The van der Waals surface area contributed by atoms with Gasteiger partial charge in [0.25, 0.3) is 0 Å². The molecule has 1 aliphatic carbocycles. The molecule has 0 amide bonds. The Bertz CT molecular complexity index is 504. The van der Waals surface area contributed by atoms with Crippen LogP contribution in [0.1, 0.15) is 40.5 Å². The fourth-order valence-corrected chi connectivity index (χ4v) is 2.42. The molecule has 0 saturated carbocycles. The van der Waals surface area contributed by atoms with Crippen molar-refractivity contribution in [2.24, 2.45) is 5.92 Å². The second kappa shape index (κ2) is 7.97. The second-order valence-corrected chi connectivity index (χ2v) is 5.83. The van der Waals surface area contributed by atoms with Crippen molar-refractivity contribution in [3.8, 4) is 0 Å². The third-order valence-electron chi connectivity index (χ3n) is 3.67. The smallest absolute Gasteiger partial charge is 0.130 e. The first kappa shape index (κ1) is 17.4. The van der Waals surface area contributed by atoms with E-state index in [0.717, 1.165) is 24.0 Å². The minimum atomic E-state index is -1.32. The van der Waals surface area contributed by atoms with E-state index in [-0.39, 0.29) is 5.92 Å². The van der Waals surface area contributed by atoms with Crippen molar-refractivity contribution in [3.63, 3.8) is 0 Å². The van der Waals surface area contributed by atoms with Gasteiger partial charge in [0.05, 0.1) is 0 Å².